The van der Waals surface area contributed by atoms with Gasteiger partial charge in [0.15, 0.2) is 6.04 Å². The zero-order valence-electron chi connectivity index (χ0n) is 16.9. The van der Waals surface area contributed by atoms with Crippen LogP contribution in [0.25, 0.3) is 11.1 Å². The topological polar surface area (TPSA) is 152 Å². The van der Waals surface area contributed by atoms with E-state index >= 15 is 0 Å². The van der Waals surface area contributed by atoms with Crippen molar-refractivity contribution in [2.75, 3.05) is 20.2 Å². The molecule has 11 heteroatoms. The summed E-state index contributed by atoms with van der Waals surface area (Å²) in [6.07, 6.45) is 3.28. The zero-order valence-corrected chi connectivity index (χ0v) is 17.7. The van der Waals surface area contributed by atoms with Crippen molar-refractivity contribution in [2.24, 2.45) is 5.73 Å². The van der Waals surface area contributed by atoms with Crippen LogP contribution in [0.1, 0.15) is 12.8 Å². The molecule has 31 heavy (non-hydrogen) atoms. The maximum atomic E-state index is 13.1. The van der Waals surface area contributed by atoms with Gasteiger partial charge in [-0.1, -0.05) is 18.2 Å². The SMILES string of the molecule is COc1c(-c2cccnc2)cccc1S(=O)(=O)N[C@@H](C(N)=O)C(=O)N1CCC(O)CC1. The third-order valence-electron chi connectivity index (χ3n) is 5.03. The summed E-state index contributed by atoms with van der Waals surface area (Å²) in [7, 11) is -3.04. The molecule has 0 aliphatic carbocycles. The molecule has 1 saturated heterocycles. The summed E-state index contributed by atoms with van der Waals surface area (Å²) >= 11 is 0. The fourth-order valence-electron chi connectivity index (χ4n) is 3.41. The van der Waals surface area contributed by atoms with Crippen LogP contribution in [-0.4, -0.2) is 67.6 Å². The number of sulfonamides is 1. The quantitative estimate of drug-likeness (QED) is 0.499. The van der Waals surface area contributed by atoms with Crippen LogP contribution in [0.15, 0.2) is 47.6 Å². The van der Waals surface area contributed by atoms with E-state index in [-0.39, 0.29) is 23.7 Å². The molecular weight excluding hydrogens is 424 g/mol. The van der Waals surface area contributed by atoms with E-state index in [0.29, 0.717) is 24.0 Å². The summed E-state index contributed by atoms with van der Waals surface area (Å²) in [5.74, 6) is -1.84. The molecule has 2 amide bonds. The molecular formula is C20H24N4O6S. The van der Waals surface area contributed by atoms with Gasteiger partial charge in [0.1, 0.15) is 10.6 Å². The number of hydrogen-bond acceptors (Lipinski definition) is 7. The number of aliphatic hydroxyl groups is 1. The van der Waals surface area contributed by atoms with Crippen molar-refractivity contribution in [3.63, 3.8) is 0 Å². The first-order valence-corrected chi connectivity index (χ1v) is 11.1. The number of ether oxygens (including phenoxy) is 1. The van der Waals surface area contributed by atoms with Crippen LogP contribution in [0.3, 0.4) is 0 Å². The van der Waals surface area contributed by atoms with Crippen molar-refractivity contribution in [1.82, 2.24) is 14.6 Å². The van der Waals surface area contributed by atoms with Crippen LogP contribution in [0.4, 0.5) is 0 Å². The number of nitrogens with two attached hydrogens (primary N) is 1. The standard InChI is InChI=1S/C20H24N4O6S/c1-30-18-15(13-4-3-9-22-12-13)5-2-6-16(18)31(28,29)23-17(19(21)26)20(27)24-10-7-14(25)8-11-24/h2-6,9,12,14,17,23,25H,7-8,10-11H2,1H3,(H2,21,26)/t17-/m0/s1. The highest BCUT2D eigenvalue weighted by atomic mass is 32.2. The number of para-hydroxylation sites is 1. The average molecular weight is 449 g/mol. The van der Waals surface area contributed by atoms with Gasteiger partial charge in [0, 0.05) is 36.6 Å². The van der Waals surface area contributed by atoms with Crippen molar-refractivity contribution in [3.05, 3.63) is 42.7 Å². The Morgan fingerprint density at radius 3 is 2.55 bits per heavy atom. The van der Waals surface area contributed by atoms with Crippen molar-refractivity contribution in [1.29, 1.82) is 0 Å². The molecule has 0 saturated carbocycles. The van der Waals surface area contributed by atoms with E-state index in [2.05, 4.69) is 9.71 Å². The van der Waals surface area contributed by atoms with Gasteiger partial charge in [-0.2, -0.15) is 4.72 Å². The van der Waals surface area contributed by atoms with Gasteiger partial charge in [-0.05, 0) is 25.0 Å². The first-order valence-electron chi connectivity index (χ1n) is 9.60. The molecule has 1 aliphatic heterocycles. The number of amides is 2. The van der Waals surface area contributed by atoms with Crippen molar-refractivity contribution in [3.8, 4) is 16.9 Å². The van der Waals surface area contributed by atoms with Crippen LogP contribution in [0, 0.1) is 0 Å². The van der Waals surface area contributed by atoms with E-state index in [0.717, 1.165) is 0 Å². The smallest absolute Gasteiger partial charge is 0.250 e. The molecule has 1 fully saturated rings. The summed E-state index contributed by atoms with van der Waals surface area (Å²) in [5.41, 5.74) is 6.45. The van der Waals surface area contributed by atoms with Crippen LogP contribution in [-0.2, 0) is 19.6 Å². The Morgan fingerprint density at radius 2 is 1.97 bits per heavy atom. The number of methoxy groups -OCH3 is 1. The van der Waals surface area contributed by atoms with Gasteiger partial charge in [0.2, 0.25) is 21.8 Å². The van der Waals surface area contributed by atoms with Gasteiger partial charge in [-0.25, -0.2) is 8.42 Å². The van der Waals surface area contributed by atoms with Crippen LogP contribution < -0.4 is 15.2 Å². The van der Waals surface area contributed by atoms with E-state index in [4.69, 9.17) is 10.5 Å². The van der Waals surface area contributed by atoms with Gasteiger partial charge in [-0.15, -0.1) is 0 Å². The number of carbonyl (C=O) groups is 2. The van der Waals surface area contributed by atoms with Crippen LogP contribution in [0.5, 0.6) is 5.75 Å². The van der Waals surface area contributed by atoms with E-state index in [1.807, 2.05) is 0 Å². The summed E-state index contributed by atoms with van der Waals surface area (Å²) in [5, 5.41) is 9.61. The number of likely N-dealkylation sites (tertiary alicyclic amines) is 1. The first-order chi connectivity index (χ1) is 14.7. The van der Waals surface area contributed by atoms with Gasteiger partial charge < -0.3 is 20.5 Å². The van der Waals surface area contributed by atoms with Crippen molar-refractivity contribution >= 4 is 21.8 Å². The maximum Gasteiger partial charge on any atom is 0.250 e. The van der Waals surface area contributed by atoms with Crippen molar-refractivity contribution in [2.45, 2.75) is 29.9 Å². The minimum absolute atomic E-state index is 0.0414. The van der Waals surface area contributed by atoms with E-state index < -0.39 is 34.0 Å². The fourth-order valence-corrected chi connectivity index (χ4v) is 4.75. The Bertz CT molecular complexity index is 1050. The number of primary amides is 1. The molecule has 3 rings (SSSR count). The van der Waals surface area contributed by atoms with Crippen LogP contribution >= 0.6 is 0 Å². The Morgan fingerprint density at radius 1 is 1.26 bits per heavy atom. The Balaban J connectivity index is 1.93. The fraction of sp³-hybridized carbons (Fsp3) is 0.350. The van der Waals surface area contributed by atoms with E-state index in [1.54, 1.807) is 30.6 Å². The Labute approximate surface area is 180 Å². The predicted octanol–water partition coefficient (Wildman–Crippen LogP) is -0.127. The number of benzene rings is 1. The number of hydrogen-bond donors (Lipinski definition) is 3. The molecule has 0 spiro atoms. The second-order valence-corrected chi connectivity index (χ2v) is 8.77. The Kier molecular flexibility index (Phi) is 6.88. The lowest BCUT2D eigenvalue weighted by atomic mass is 10.1. The lowest BCUT2D eigenvalue weighted by Gasteiger charge is -2.31. The third-order valence-corrected chi connectivity index (χ3v) is 6.47. The molecule has 2 aromatic rings. The maximum absolute atomic E-state index is 13.1. The molecule has 0 radical (unpaired) electrons. The Hall–Kier alpha value is -3.02. The van der Waals surface area contributed by atoms with E-state index in [9.17, 15) is 23.1 Å². The minimum atomic E-state index is -4.37. The summed E-state index contributed by atoms with van der Waals surface area (Å²) in [6, 6.07) is 6.16. The average Bonchev–Trinajstić information content (AvgIpc) is 2.77. The second-order valence-electron chi connectivity index (χ2n) is 7.09. The number of carbonyl (C=O) groups excluding carboxylic acids is 2. The number of aliphatic hydroxyl groups excluding tert-OH is 1. The van der Waals surface area contributed by atoms with E-state index in [1.165, 1.54) is 24.1 Å². The number of piperidine rings is 1. The summed E-state index contributed by atoms with van der Waals surface area (Å²) in [4.78, 5) is 29.8. The summed E-state index contributed by atoms with van der Waals surface area (Å²) in [6.45, 7) is 0.399. The number of pyridine rings is 1. The largest absolute Gasteiger partial charge is 0.495 e. The highest BCUT2D eigenvalue weighted by molar-refractivity contribution is 7.89. The number of rotatable bonds is 7. The molecule has 1 atom stereocenters. The predicted molar refractivity (Wildman–Crippen MR) is 111 cm³/mol. The highest BCUT2D eigenvalue weighted by Crippen LogP contribution is 2.35. The molecule has 2 heterocycles. The number of nitrogens with zero attached hydrogens (tertiary/aromatic N) is 2. The van der Waals surface area contributed by atoms with Gasteiger partial charge in [0.05, 0.1) is 13.2 Å². The van der Waals surface area contributed by atoms with Crippen LogP contribution in [0.2, 0.25) is 0 Å². The third kappa shape index (κ3) is 5.01. The second kappa shape index (κ2) is 9.41. The molecule has 4 N–H and O–H groups in total. The van der Waals surface area contributed by atoms with Crippen molar-refractivity contribution < 1.29 is 27.9 Å². The normalized spacial score (nSPS) is 16.0. The minimum Gasteiger partial charge on any atom is -0.495 e. The van der Waals surface area contributed by atoms with Gasteiger partial charge >= 0.3 is 0 Å². The first kappa shape index (κ1) is 22.7. The molecule has 1 aromatic heterocycles. The lowest BCUT2D eigenvalue weighted by Crippen LogP contribution is -2.56. The number of aromatic nitrogens is 1. The number of nitrogens with one attached hydrogen (secondary N) is 1. The molecule has 10 nitrogen and oxygen atoms in total. The highest BCUT2D eigenvalue weighted by Gasteiger charge is 2.36. The molecule has 166 valence electrons. The zero-order chi connectivity index (χ0) is 22.6. The van der Waals surface area contributed by atoms with Gasteiger partial charge in [-0.3, -0.25) is 14.6 Å². The lowest BCUT2D eigenvalue weighted by molar-refractivity contribution is -0.139. The monoisotopic (exact) mass is 448 g/mol. The molecule has 0 unspecified atom stereocenters. The molecule has 1 aromatic carbocycles. The molecule has 1 aliphatic rings. The summed E-state index contributed by atoms with van der Waals surface area (Å²) < 4.78 is 33.7. The van der Waals surface area contributed by atoms with Gasteiger partial charge in [0.25, 0.3) is 0 Å². The molecule has 0 bridgehead atoms.